The molecule has 2 fully saturated rings. The number of amides is 2. The monoisotopic (exact) mass is 382 g/mol. The van der Waals surface area contributed by atoms with E-state index in [9.17, 15) is 14.4 Å². The highest BCUT2D eigenvalue weighted by Gasteiger charge is 2.34. The molecule has 2 amide bonds. The third-order valence-corrected chi connectivity index (χ3v) is 5.53. The Morgan fingerprint density at radius 2 is 1.56 bits per heavy atom. The molecule has 0 N–H and O–H groups in total. The topological polar surface area (TPSA) is 76.2 Å². The lowest BCUT2D eigenvalue weighted by Crippen LogP contribution is -2.51. The summed E-state index contributed by atoms with van der Waals surface area (Å²) < 4.78 is 10.1. The van der Waals surface area contributed by atoms with Crippen LogP contribution in [0.4, 0.5) is 4.79 Å². The maximum atomic E-state index is 13.2. The van der Waals surface area contributed by atoms with E-state index in [2.05, 4.69) is 0 Å². The fourth-order valence-electron chi connectivity index (χ4n) is 4.08. The molecule has 0 atom stereocenters. The van der Waals surface area contributed by atoms with Crippen molar-refractivity contribution < 1.29 is 23.9 Å². The summed E-state index contributed by atoms with van der Waals surface area (Å²) in [5.74, 6) is -0.0134. The minimum atomic E-state index is -0.285. The summed E-state index contributed by atoms with van der Waals surface area (Å²) in [6.45, 7) is 5.86. The molecule has 1 aliphatic carbocycles. The minimum Gasteiger partial charge on any atom is -0.466 e. The van der Waals surface area contributed by atoms with Crippen LogP contribution in [0.25, 0.3) is 0 Å². The van der Waals surface area contributed by atoms with Gasteiger partial charge in [0.1, 0.15) is 0 Å². The molecular formula is C20H34N2O5. The molecule has 0 spiro atoms. The Morgan fingerprint density at radius 3 is 2.15 bits per heavy atom. The van der Waals surface area contributed by atoms with Gasteiger partial charge in [0.15, 0.2) is 0 Å². The van der Waals surface area contributed by atoms with Crippen LogP contribution in [-0.2, 0) is 19.1 Å². The predicted molar refractivity (Wildman–Crippen MR) is 101 cm³/mol. The molecule has 0 aromatic heterocycles. The molecule has 0 aromatic carbocycles. The Morgan fingerprint density at radius 1 is 0.926 bits per heavy atom. The fraction of sp³-hybridized carbons (Fsp3) is 0.850. The number of rotatable bonds is 7. The normalized spacial score (nSPS) is 18.8. The zero-order valence-corrected chi connectivity index (χ0v) is 16.8. The van der Waals surface area contributed by atoms with Crippen LogP contribution < -0.4 is 0 Å². The van der Waals surface area contributed by atoms with Gasteiger partial charge in [-0.3, -0.25) is 9.59 Å². The number of esters is 1. The average Bonchev–Trinajstić information content (AvgIpc) is 2.69. The molecule has 27 heavy (non-hydrogen) atoms. The van der Waals surface area contributed by atoms with Crippen LogP contribution in [0, 0.1) is 5.92 Å². The van der Waals surface area contributed by atoms with Crippen LogP contribution in [0.2, 0.25) is 0 Å². The van der Waals surface area contributed by atoms with E-state index in [0.717, 1.165) is 38.5 Å². The highest BCUT2D eigenvalue weighted by molar-refractivity contribution is 5.80. The lowest BCUT2D eigenvalue weighted by Gasteiger charge is -2.40. The zero-order valence-electron chi connectivity index (χ0n) is 16.8. The first-order valence-corrected chi connectivity index (χ1v) is 10.4. The van der Waals surface area contributed by atoms with Crippen molar-refractivity contribution in [2.24, 2.45) is 5.92 Å². The largest absolute Gasteiger partial charge is 0.466 e. The van der Waals surface area contributed by atoms with Gasteiger partial charge in [-0.05, 0) is 39.5 Å². The van der Waals surface area contributed by atoms with E-state index in [0.29, 0.717) is 32.8 Å². The molecule has 1 saturated heterocycles. The van der Waals surface area contributed by atoms with Gasteiger partial charge in [0, 0.05) is 31.6 Å². The number of piperidine rings is 1. The Kier molecular flexibility index (Phi) is 8.88. The molecule has 2 aliphatic rings. The summed E-state index contributed by atoms with van der Waals surface area (Å²) in [6, 6.07) is 0.0690. The number of ether oxygens (including phenoxy) is 2. The lowest BCUT2D eigenvalue weighted by atomic mass is 9.87. The SMILES string of the molecule is CCOC(=O)CCN(C(=O)C1CCCCC1)C1CCN(C(=O)OCC)CC1. The molecule has 1 heterocycles. The van der Waals surface area contributed by atoms with E-state index in [1.807, 2.05) is 4.90 Å². The number of carbonyl (C=O) groups is 3. The Hall–Kier alpha value is -1.79. The first-order valence-electron chi connectivity index (χ1n) is 10.4. The summed E-state index contributed by atoms with van der Waals surface area (Å²) in [5, 5.41) is 0. The second-order valence-electron chi connectivity index (χ2n) is 7.34. The van der Waals surface area contributed by atoms with E-state index >= 15 is 0 Å². The van der Waals surface area contributed by atoms with E-state index in [1.165, 1.54) is 6.42 Å². The molecule has 1 saturated carbocycles. The summed E-state index contributed by atoms with van der Waals surface area (Å²) >= 11 is 0. The third kappa shape index (κ3) is 6.40. The van der Waals surface area contributed by atoms with Gasteiger partial charge < -0.3 is 19.3 Å². The highest BCUT2D eigenvalue weighted by atomic mass is 16.6. The molecule has 7 nitrogen and oxygen atoms in total. The fourth-order valence-corrected chi connectivity index (χ4v) is 4.08. The summed E-state index contributed by atoms with van der Waals surface area (Å²) in [5.41, 5.74) is 0. The van der Waals surface area contributed by atoms with Crippen LogP contribution in [-0.4, -0.2) is 66.7 Å². The summed E-state index contributed by atoms with van der Waals surface area (Å²) in [4.78, 5) is 40.5. The standard InChI is InChI=1S/C20H34N2O5/c1-3-26-18(23)12-15-22(19(24)16-8-6-5-7-9-16)17-10-13-21(14-11-17)20(25)27-4-2/h16-17H,3-15H2,1-2H3. The number of hydrogen-bond donors (Lipinski definition) is 0. The lowest BCUT2D eigenvalue weighted by molar-refractivity contribution is -0.146. The molecule has 2 rings (SSSR count). The van der Waals surface area contributed by atoms with Gasteiger partial charge >= 0.3 is 12.1 Å². The van der Waals surface area contributed by atoms with Crippen molar-refractivity contribution in [2.45, 2.75) is 71.3 Å². The van der Waals surface area contributed by atoms with Gasteiger partial charge in [-0.25, -0.2) is 4.79 Å². The van der Waals surface area contributed by atoms with Crippen molar-refractivity contribution >= 4 is 18.0 Å². The number of hydrogen-bond acceptors (Lipinski definition) is 5. The van der Waals surface area contributed by atoms with E-state index < -0.39 is 0 Å². The smallest absolute Gasteiger partial charge is 0.409 e. The van der Waals surface area contributed by atoms with Gasteiger partial charge in [0.25, 0.3) is 0 Å². The van der Waals surface area contributed by atoms with Crippen LogP contribution in [0.1, 0.15) is 65.2 Å². The van der Waals surface area contributed by atoms with Gasteiger partial charge in [-0.15, -0.1) is 0 Å². The van der Waals surface area contributed by atoms with Crippen molar-refractivity contribution in [1.82, 2.24) is 9.80 Å². The highest BCUT2D eigenvalue weighted by Crippen LogP contribution is 2.28. The first kappa shape index (κ1) is 21.5. The Balaban J connectivity index is 1.97. The van der Waals surface area contributed by atoms with Crippen LogP contribution >= 0.6 is 0 Å². The van der Waals surface area contributed by atoms with E-state index in [-0.39, 0.29) is 36.4 Å². The van der Waals surface area contributed by atoms with Crippen molar-refractivity contribution in [3.05, 3.63) is 0 Å². The Labute approximate surface area is 162 Å². The first-order chi connectivity index (χ1) is 13.1. The van der Waals surface area contributed by atoms with Crippen molar-refractivity contribution in [3.8, 4) is 0 Å². The molecule has 0 bridgehead atoms. The van der Waals surface area contributed by atoms with E-state index in [4.69, 9.17) is 9.47 Å². The van der Waals surface area contributed by atoms with Gasteiger partial charge in [-0.2, -0.15) is 0 Å². The molecule has 0 radical (unpaired) electrons. The Bertz CT molecular complexity index is 497. The van der Waals surface area contributed by atoms with E-state index in [1.54, 1.807) is 18.7 Å². The molecule has 0 aromatic rings. The molecule has 1 aliphatic heterocycles. The zero-order chi connectivity index (χ0) is 19.6. The summed E-state index contributed by atoms with van der Waals surface area (Å²) in [6.07, 6.45) is 6.67. The second-order valence-corrected chi connectivity index (χ2v) is 7.34. The predicted octanol–water partition coefficient (Wildman–Crippen LogP) is 2.97. The van der Waals surface area contributed by atoms with Crippen LogP contribution in [0.5, 0.6) is 0 Å². The number of nitrogens with zero attached hydrogens (tertiary/aromatic N) is 2. The third-order valence-electron chi connectivity index (χ3n) is 5.53. The number of carbonyl (C=O) groups excluding carboxylic acids is 3. The second kappa shape index (κ2) is 11.1. The molecular weight excluding hydrogens is 348 g/mol. The quantitative estimate of drug-likeness (QED) is 0.633. The van der Waals surface area contributed by atoms with Gasteiger partial charge in [-0.1, -0.05) is 19.3 Å². The van der Waals surface area contributed by atoms with Gasteiger partial charge in [0.05, 0.1) is 19.6 Å². The van der Waals surface area contributed by atoms with Gasteiger partial charge in [0.2, 0.25) is 5.91 Å². The van der Waals surface area contributed by atoms with Crippen molar-refractivity contribution in [2.75, 3.05) is 32.8 Å². The average molecular weight is 383 g/mol. The van der Waals surface area contributed by atoms with Crippen LogP contribution in [0.3, 0.4) is 0 Å². The molecule has 154 valence electrons. The maximum absolute atomic E-state index is 13.2. The molecule has 0 unspecified atom stereocenters. The van der Waals surface area contributed by atoms with Crippen molar-refractivity contribution in [1.29, 1.82) is 0 Å². The number of likely N-dealkylation sites (tertiary alicyclic amines) is 1. The maximum Gasteiger partial charge on any atom is 0.409 e. The van der Waals surface area contributed by atoms with Crippen molar-refractivity contribution in [3.63, 3.8) is 0 Å². The minimum absolute atomic E-state index is 0.0690. The van der Waals surface area contributed by atoms with Crippen LogP contribution in [0.15, 0.2) is 0 Å². The summed E-state index contributed by atoms with van der Waals surface area (Å²) in [7, 11) is 0. The molecule has 7 heteroatoms.